The van der Waals surface area contributed by atoms with E-state index in [0.717, 1.165) is 0 Å². The molecule has 1 aliphatic heterocycles. The maximum Gasteiger partial charge on any atom is 0.321 e. The minimum absolute atomic E-state index is 0.212. The second-order valence-corrected chi connectivity index (χ2v) is 5.17. The molecule has 6 nitrogen and oxygen atoms in total. The number of carbonyl (C=O) groups is 2. The third-order valence-corrected chi connectivity index (χ3v) is 3.63. The highest BCUT2D eigenvalue weighted by Crippen LogP contribution is 2.31. The Labute approximate surface area is 117 Å². The van der Waals surface area contributed by atoms with Crippen molar-refractivity contribution in [2.24, 2.45) is 5.41 Å². The number of amides is 2. The molecule has 2 amide bonds. The van der Waals surface area contributed by atoms with E-state index in [1.165, 1.54) is 12.0 Å². The second kappa shape index (κ2) is 5.40. The van der Waals surface area contributed by atoms with Crippen molar-refractivity contribution in [1.29, 1.82) is 0 Å². The molecule has 1 atom stereocenters. The molecule has 2 rings (SSSR count). The number of para-hydroxylation sites is 2. The molecule has 0 saturated carbocycles. The molecule has 0 bridgehead atoms. The number of ether oxygens (including phenoxy) is 1. The van der Waals surface area contributed by atoms with Gasteiger partial charge in [-0.05, 0) is 25.5 Å². The molecule has 2 N–H and O–H groups in total. The number of hydrogen-bond acceptors (Lipinski definition) is 3. The zero-order chi connectivity index (χ0) is 14.8. The summed E-state index contributed by atoms with van der Waals surface area (Å²) in [6.45, 7) is 2.30. The van der Waals surface area contributed by atoms with Crippen molar-refractivity contribution in [3.05, 3.63) is 24.3 Å². The molecule has 6 heteroatoms. The smallest absolute Gasteiger partial charge is 0.321 e. The number of nitrogens with zero attached hydrogens (tertiary/aromatic N) is 1. The fourth-order valence-electron chi connectivity index (χ4n) is 2.25. The van der Waals surface area contributed by atoms with Gasteiger partial charge in [-0.25, -0.2) is 4.79 Å². The highest BCUT2D eigenvalue weighted by molar-refractivity contribution is 5.91. The van der Waals surface area contributed by atoms with Crippen LogP contribution in [0.1, 0.15) is 13.3 Å². The van der Waals surface area contributed by atoms with Crippen LogP contribution in [0.4, 0.5) is 10.5 Å². The van der Waals surface area contributed by atoms with Crippen LogP contribution in [-0.4, -0.2) is 42.2 Å². The van der Waals surface area contributed by atoms with Crippen molar-refractivity contribution in [2.45, 2.75) is 13.3 Å². The first-order valence-corrected chi connectivity index (χ1v) is 6.38. The van der Waals surface area contributed by atoms with Crippen LogP contribution in [0.3, 0.4) is 0 Å². The number of rotatable bonds is 3. The third-order valence-electron chi connectivity index (χ3n) is 3.63. The average Bonchev–Trinajstić information content (AvgIpc) is 2.83. The van der Waals surface area contributed by atoms with Gasteiger partial charge in [-0.2, -0.15) is 0 Å². The number of anilines is 1. The number of nitrogens with one attached hydrogen (secondary N) is 1. The van der Waals surface area contributed by atoms with Gasteiger partial charge in [0.15, 0.2) is 0 Å². The van der Waals surface area contributed by atoms with E-state index < -0.39 is 11.4 Å². The molecule has 108 valence electrons. The van der Waals surface area contributed by atoms with Crippen LogP contribution < -0.4 is 10.1 Å². The monoisotopic (exact) mass is 278 g/mol. The normalized spacial score (nSPS) is 21.6. The van der Waals surface area contributed by atoms with Gasteiger partial charge in [0, 0.05) is 13.1 Å². The molecule has 0 spiro atoms. The minimum atomic E-state index is -0.870. The van der Waals surface area contributed by atoms with Crippen LogP contribution in [-0.2, 0) is 4.79 Å². The maximum absolute atomic E-state index is 12.2. The molecule has 1 aliphatic rings. The number of urea groups is 1. The molecular formula is C14H18N2O4. The SMILES string of the molecule is COc1ccccc1NC(=O)N1CCC(C)(C(=O)O)C1. The number of carboxylic acid groups (broad SMARTS) is 1. The van der Waals surface area contributed by atoms with Crippen molar-refractivity contribution < 1.29 is 19.4 Å². The Morgan fingerprint density at radius 3 is 2.70 bits per heavy atom. The Kier molecular flexibility index (Phi) is 3.83. The highest BCUT2D eigenvalue weighted by Gasteiger charge is 2.42. The number of likely N-dealkylation sites (tertiary alicyclic amines) is 1. The molecule has 1 unspecified atom stereocenters. The van der Waals surface area contributed by atoms with E-state index in [2.05, 4.69) is 5.32 Å². The van der Waals surface area contributed by atoms with Crippen molar-refractivity contribution in [3.8, 4) is 5.75 Å². The Morgan fingerprint density at radius 2 is 2.10 bits per heavy atom. The van der Waals surface area contributed by atoms with E-state index in [-0.39, 0.29) is 12.6 Å². The Hall–Kier alpha value is -2.24. The first kappa shape index (κ1) is 14.2. The molecule has 1 aromatic rings. The Morgan fingerprint density at radius 1 is 1.40 bits per heavy atom. The second-order valence-electron chi connectivity index (χ2n) is 5.17. The molecular weight excluding hydrogens is 260 g/mol. The van der Waals surface area contributed by atoms with Gasteiger partial charge in [-0.3, -0.25) is 4.79 Å². The van der Waals surface area contributed by atoms with E-state index in [9.17, 15) is 9.59 Å². The number of methoxy groups -OCH3 is 1. The summed E-state index contributed by atoms with van der Waals surface area (Å²) in [6.07, 6.45) is 0.460. The van der Waals surface area contributed by atoms with Crippen LogP contribution in [0, 0.1) is 5.41 Å². The summed E-state index contributed by atoms with van der Waals surface area (Å²) >= 11 is 0. The zero-order valence-electron chi connectivity index (χ0n) is 11.5. The predicted octanol–water partition coefficient (Wildman–Crippen LogP) is 2.02. The van der Waals surface area contributed by atoms with Gasteiger partial charge in [-0.15, -0.1) is 0 Å². The average molecular weight is 278 g/mol. The topological polar surface area (TPSA) is 78.9 Å². The fraction of sp³-hybridized carbons (Fsp3) is 0.429. The van der Waals surface area contributed by atoms with Gasteiger partial charge in [0.2, 0.25) is 0 Å². The van der Waals surface area contributed by atoms with Gasteiger partial charge in [0.1, 0.15) is 5.75 Å². The van der Waals surface area contributed by atoms with Gasteiger partial charge in [0.05, 0.1) is 18.2 Å². The van der Waals surface area contributed by atoms with Gasteiger partial charge >= 0.3 is 12.0 Å². The van der Waals surface area contributed by atoms with Gasteiger partial charge < -0.3 is 20.1 Å². The third kappa shape index (κ3) is 2.68. The summed E-state index contributed by atoms with van der Waals surface area (Å²) in [5.74, 6) is -0.300. The van der Waals surface area contributed by atoms with E-state index in [0.29, 0.717) is 24.4 Å². The van der Waals surface area contributed by atoms with E-state index in [1.807, 2.05) is 6.07 Å². The Balaban J connectivity index is 2.05. The number of carboxylic acids is 1. The highest BCUT2D eigenvalue weighted by atomic mass is 16.5. The first-order valence-electron chi connectivity index (χ1n) is 6.38. The number of hydrogen-bond donors (Lipinski definition) is 2. The van der Waals surface area contributed by atoms with E-state index in [1.54, 1.807) is 25.1 Å². The summed E-state index contributed by atoms with van der Waals surface area (Å²) in [5.41, 5.74) is -0.290. The first-order chi connectivity index (χ1) is 9.46. The van der Waals surface area contributed by atoms with Crippen LogP contribution in [0.15, 0.2) is 24.3 Å². The van der Waals surface area contributed by atoms with Crippen LogP contribution in [0.2, 0.25) is 0 Å². The summed E-state index contributed by atoms with van der Waals surface area (Å²) in [5, 5.41) is 11.9. The van der Waals surface area contributed by atoms with Crippen molar-refractivity contribution in [3.63, 3.8) is 0 Å². The molecule has 1 saturated heterocycles. The summed E-state index contributed by atoms with van der Waals surface area (Å²) in [6, 6.07) is 6.79. The molecule has 1 aromatic carbocycles. The van der Waals surface area contributed by atoms with Crippen LogP contribution in [0.5, 0.6) is 5.75 Å². The summed E-state index contributed by atoms with van der Waals surface area (Å²) < 4.78 is 5.16. The lowest BCUT2D eigenvalue weighted by Gasteiger charge is -2.21. The van der Waals surface area contributed by atoms with Gasteiger partial charge in [0.25, 0.3) is 0 Å². The Bertz CT molecular complexity index is 532. The molecule has 0 radical (unpaired) electrons. The van der Waals surface area contributed by atoms with Gasteiger partial charge in [-0.1, -0.05) is 12.1 Å². The number of benzene rings is 1. The fourth-order valence-corrected chi connectivity index (χ4v) is 2.25. The minimum Gasteiger partial charge on any atom is -0.495 e. The lowest BCUT2D eigenvalue weighted by atomic mass is 9.90. The van der Waals surface area contributed by atoms with Crippen molar-refractivity contribution in [1.82, 2.24) is 4.90 Å². The molecule has 0 aliphatic carbocycles. The standard InChI is InChI=1S/C14H18N2O4/c1-14(12(17)18)7-8-16(9-14)13(19)15-10-5-3-4-6-11(10)20-2/h3-6H,7-9H2,1-2H3,(H,15,19)(H,17,18). The molecule has 0 aromatic heterocycles. The molecule has 20 heavy (non-hydrogen) atoms. The molecule has 1 heterocycles. The lowest BCUT2D eigenvalue weighted by Crippen LogP contribution is -2.37. The predicted molar refractivity (Wildman–Crippen MR) is 73.9 cm³/mol. The zero-order valence-corrected chi connectivity index (χ0v) is 11.5. The maximum atomic E-state index is 12.2. The quantitative estimate of drug-likeness (QED) is 0.886. The van der Waals surface area contributed by atoms with Crippen molar-refractivity contribution in [2.75, 3.05) is 25.5 Å². The van der Waals surface area contributed by atoms with Crippen LogP contribution in [0.25, 0.3) is 0 Å². The lowest BCUT2D eigenvalue weighted by molar-refractivity contribution is -0.146. The summed E-state index contributed by atoms with van der Waals surface area (Å²) in [4.78, 5) is 24.8. The van der Waals surface area contributed by atoms with E-state index in [4.69, 9.17) is 9.84 Å². The molecule has 1 fully saturated rings. The number of aliphatic carboxylic acids is 1. The van der Waals surface area contributed by atoms with Crippen molar-refractivity contribution >= 4 is 17.7 Å². The van der Waals surface area contributed by atoms with E-state index >= 15 is 0 Å². The summed E-state index contributed by atoms with van der Waals surface area (Å²) in [7, 11) is 1.53. The van der Waals surface area contributed by atoms with Crippen LogP contribution >= 0.6 is 0 Å². The largest absolute Gasteiger partial charge is 0.495 e. The number of carbonyl (C=O) groups excluding carboxylic acids is 1.